The number of hydrogen-bond acceptors (Lipinski definition) is 4. The molecule has 1 atom stereocenters. The fraction of sp³-hybridized carbons (Fsp3) is 0.889. The lowest BCUT2D eigenvalue weighted by Gasteiger charge is -2.17. The highest BCUT2D eigenvalue weighted by molar-refractivity contribution is 4.96. The normalized spacial score (nSPS) is 18.6. The van der Waals surface area contributed by atoms with Gasteiger partial charge in [0.05, 0.1) is 6.07 Å². The van der Waals surface area contributed by atoms with Crippen LogP contribution in [0.1, 0.15) is 19.3 Å². The van der Waals surface area contributed by atoms with Gasteiger partial charge < -0.3 is 9.47 Å². The van der Waals surface area contributed by atoms with Crippen molar-refractivity contribution in [3.05, 3.63) is 0 Å². The Balaban J connectivity index is 2.24. The van der Waals surface area contributed by atoms with Crippen LogP contribution in [0.2, 0.25) is 0 Å². The third kappa shape index (κ3) is 3.73. The molecule has 0 aromatic heterocycles. The molecule has 0 aromatic rings. The van der Waals surface area contributed by atoms with E-state index in [0.717, 1.165) is 0 Å². The van der Waals surface area contributed by atoms with Crippen LogP contribution in [-0.2, 0) is 9.47 Å². The maximum Gasteiger partial charge on any atom is 0.159 e. The summed E-state index contributed by atoms with van der Waals surface area (Å²) < 4.78 is 10.0. The minimum Gasteiger partial charge on any atom is -0.356 e. The van der Waals surface area contributed by atoms with Crippen molar-refractivity contribution in [2.24, 2.45) is 0 Å². The maximum atomic E-state index is 8.82. The summed E-state index contributed by atoms with van der Waals surface area (Å²) in [7, 11) is 3.17. The Morgan fingerprint density at radius 1 is 1.46 bits per heavy atom. The summed E-state index contributed by atoms with van der Waals surface area (Å²) in [5.74, 6) is 0. The van der Waals surface area contributed by atoms with E-state index >= 15 is 0 Å². The van der Waals surface area contributed by atoms with E-state index < -0.39 is 0 Å². The topological polar surface area (TPSA) is 54.3 Å². The first kappa shape index (κ1) is 10.5. The van der Waals surface area contributed by atoms with Gasteiger partial charge in [0, 0.05) is 26.7 Å². The van der Waals surface area contributed by atoms with Gasteiger partial charge in [0.15, 0.2) is 6.29 Å². The molecule has 0 spiro atoms. The predicted molar refractivity (Wildman–Crippen MR) is 48.0 cm³/mol. The zero-order valence-corrected chi connectivity index (χ0v) is 8.12. The van der Waals surface area contributed by atoms with Crippen molar-refractivity contribution in [1.29, 1.82) is 5.26 Å². The number of methoxy groups -OCH3 is 2. The quantitative estimate of drug-likeness (QED) is 0.615. The van der Waals surface area contributed by atoms with Crippen LogP contribution in [0.5, 0.6) is 0 Å². The van der Waals surface area contributed by atoms with E-state index in [2.05, 4.69) is 11.4 Å². The van der Waals surface area contributed by atoms with E-state index in [1.54, 1.807) is 14.2 Å². The van der Waals surface area contributed by atoms with Gasteiger partial charge in [-0.3, -0.25) is 5.32 Å². The van der Waals surface area contributed by atoms with E-state index in [0.29, 0.717) is 12.5 Å². The highest BCUT2D eigenvalue weighted by Crippen LogP contribution is 2.20. The number of nitrogens with zero attached hydrogens (tertiary/aromatic N) is 1. The molecule has 0 saturated heterocycles. The Morgan fingerprint density at radius 3 is 2.46 bits per heavy atom. The average Bonchev–Trinajstić information content (AvgIpc) is 2.95. The van der Waals surface area contributed by atoms with Gasteiger partial charge in [-0.2, -0.15) is 5.26 Å². The molecule has 1 unspecified atom stereocenters. The average molecular weight is 184 g/mol. The summed E-state index contributed by atoms with van der Waals surface area (Å²) in [5, 5.41) is 12.0. The van der Waals surface area contributed by atoms with Crippen molar-refractivity contribution in [2.45, 2.75) is 37.6 Å². The Bertz CT molecular complexity index is 183. The minimum atomic E-state index is -0.282. The lowest BCUT2D eigenvalue weighted by molar-refractivity contribution is -0.108. The van der Waals surface area contributed by atoms with E-state index in [-0.39, 0.29) is 12.3 Å². The standard InChI is InChI=1S/C9H16N2O2/c1-12-9(13-2)5-8(6-10)11-7-3-4-7/h7-9,11H,3-5H2,1-2H3. The van der Waals surface area contributed by atoms with Crippen molar-refractivity contribution in [3.8, 4) is 6.07 Å². The third-order valence-corrected chi connectivity index (χ3v) is 2.12. The second-order valence-corrected chi connectivity index (χ2v) is 3.26. The first-order chi connectivity index (χ1) is 6.30. The van der Waals surface area contributed by atoms with E-state index in [4.69, 9.17) is 14.7 Å². The molecule has 1 N–H and O–H groups in total. The fourth-order valence-electron chi connectivity index (χ4n) is 1.17. The van der Waals surface area contributed by atoms with Crippen molar-refractivity contribution < 1.29 is 9.47 Å². The van der Waals surface area contributed by atoms with Crippen LogP contribution < -0.4 is 5.32 Å². The molecule has 0 aromatic carbocycles. The lowest BCUT2D eigenvalue weighted by Crippen LogP contribution is -2.34. The summed E-state index contributed by atoms with van der Waals surface area (Å²) in [4.78, 5) is 0. The molecule has 1 fully saturated rings. The van der Waals surface area contributed by atoms with Gasteiger partial charge >= 0.3 is 0 Å². The largest absolute Gasteiger partial charge is 0.356 e. The van der Waals surface area contributed by atoms with E-state index in [9.17, 15) is 0 Å². The zero-order chi connectivity index (χ0) is 9.68. The summed E-state index contributed by atoms with van der Waals surface area (Å²) in [6, 6.07) is 2.59. The minimum absolute atomic E-state index is 0.155. The number of ether oxygens (including phenoxy) is 2. The molecule has 0 heterocycles. The van der Waals surface area contributed by atoms with Gasteiger partial charge in [-0.1, -0.05) is 0 Å². The molecule has 74 valence electrons. The molecular weight excluding hydrogens is 168 g/mol. The Kier molecular flexibility index (Phi) is 4.16. The van der Waals surface area contributed by atoms with Crippen LogP contribution in [0.25, 0.3) is 0 Å². The van der Waals surface area contributed by atoms with Crippen molar-refractivity contribution in [3.63, 3.8) is 0 Å². The highest BCUT2D eigenvalue weighted by Gasteiger charge is 2.25. The second kappa shape index (κ2) is 5.18. The third-order valence-electron chi connectivity index (χ3n) is 2.12. The molecular formula is C9H16N2O2. The smallest absolute Gasteiger partial charge is 0.159 e. The monoisotopic (exact) mass is 184 g/mol. The summed E-state index contributed by atoms with van der Waals surface area (Å²) in [5.41, 5.74) is 0. The van der Waals surface area contributed by atoms with Crippen LogP contribution in [0.3, 0.4) is 0 Å². The molecule has 0 aliphatic heterocycles. The van der Waals surface area contributed by atoms with Crippen molar-refractivity contribution in [2.75, 3.05) is 14.2 Å². The van der Waals surface area contributed by atoms with Crippen molar-refractivity contribution in [1.82, 2.24) is 5.32 Å². The molecule has 1 aliphatic rings. The van der Waals surface area contributed by atoms with Crippen LogP contribution in [-0.4, -0.2) is 32.6 Å². The van der Waals surface area contributed by atoms with Gasteiger partial charge in [-0.05, 0) is 12.8 Å². The Labute approximate surface area is 78.8 Å². The zero-order valence-electron chi connectivity index (χ0n) is 8.12. The molecule has 4 heteroatoms. The van der Waals surface area contributed by atoms with Gasteiger partial charge in [-0.15, -0.1) is 0 Å². The summed E-state index contributed by atoms with van der Waals surface area (Å²) >= 11 is 0. The Hall–Kier alpha value is -0.630. The van der Waals surface area contributed by atoms with Gasteiger partial charge in [-0.25, -0.2) is 0 Å². The van der Waals surface area contributed by atoms with E-state index in [1.807, 2.05) is 0 Å². The number of hydrogen-bond donors (Lipinski definition) is 1. The molecule has 1 rings (SSSR count). The first-order valence-electron chi connectivity index (χ1n) is 4.51. The SMILES string of the molecule is COC(CC(C#N)NC1CC1)OC. The van der Waals surface area contributed by atoms with Crippen LogP contribution >= 0.6 is 0 Å². The fourth-order valence-corrected chi connectivity index (χ4v) is 1.17. The van der Waals surface area contributed by atoms with Gasteiger partial charge in [0.2, 0.25) is 0 Å². The molecule has 4 nitrogen and oxygen atoms in total. The summed E-state index contributed by atoms with van der Waals surface area (Å²) in [6.45, 7) is 0. The number of nitriles is 1. The van der Waals surface area contributed by atoms with Crippen molar-refractivity contribution >= 4 is 0 Å². The molecule has 1 saturated carbocycles. The van der Waals surface area contributed by atoms with Gasteiger partial charge in [0.1, 0.15) is 6.04 Å². The molecule has 0 amide bonds. The van der Waals surface area contributed by atoms with Crippen LogP contribution in [0, 0.1) is 11.3 Å². The molecule has 0 bridgehead atoms. The Morgan fingerprint density at radius 2 is 2.08 bits per heavy atom. The molecule has 1 aliphatic carbocycles. The number of rotatable bonds is 6. The maximum absolute atomic E-state index is 8.82. The molecule has 13 heavy (non-hydrogen) atoms. The second-order valence-electron chi connectivity index (χ2n) is 3.26. The lowest BCUT2D eigenvalue weighted by atomic mass is 10.2. The first-order valence-corrected chi connectivity index (χ1v) is 4.51. The number of nitrogens with one attached hydrogen (secondary N) is 1. The van der Waals surface area contributed by atoms with E-state index in [1.165, 1.54) is 12.8 Å². The summed E-state index contributed by atoms with van der Waals surface area (Å²) in [6.07, 6.45) is 2.67. The highest BCUT2D eigenvalue weighted by atomic mass is 16.7. The predicted octanol–water partition coefficient (Wildman–Crippen LogP) is 0.640. The molecule has 0 radical (unpaired) electrons. The van der Waals surface area contributed by atoms with Crippen LogP contribution in [0.4, 0.5) is 0 Å². The van der Waals surface area contributed by atoms with Gasteiger partial charge in [0.25, 0.3) is 0 Å². The van der Waals surface area contributed by atoms with Crippen LogP contribution in [0.15, 0.2) is 0 Å².